The molecule has 3 aromatic rings. The van der Waals surface area contributed by atoms with Gasteiger partial charge in [0.25, 0.3) is 0 Å². The summed E-state index contributed by atoms with van der Waals surface area (Å²) in [5.74, 6) is 0.590. The molecular formula is C33H33F6N3O3. The number of piperazine rings is 1. The standard InChI is InChI=1S/C33H33F6N3O3/c1-20-15-26(45-19-22-7-5-4-6-8-22)9-10-27(20)30-28-11-12-29(43)41(28)13-14-42(30)31(44)40(3)21(2)23-16-24(32(34,35)36)18-25(17-23)33(37,38)39/h4-10,15-18,21,28,30H,11-14,19H2,1-3H3. The number of carbonyl (C=O) groups excluding carboxylic acids is 2. The molecule has 0 aromatic heterocycles. The van der Waals surface area contributed by atoms with E-state index < -0.39 is 41.6 Å². The SMILES string of the molecule is Cc1cc(OCc2ccccc2)ccc1C1C2CCC(=O)N2CCN1C(=O)N(C)C(C)c1cc(C(F)(F)F)cc(C(F)(F)F)c1. The van der Waals surface area contributed by atoms with Crippen LogP contribution in [0.15, 0.2) is 66.7 Å². The molecule has 0 radical (unpaired) electrons. The summed E-state index contributed by atoms with van der Waals surface area (Å²) in [6.45, 7) is 4.03. The smallest absolute Gasteiger partial charge is 0.416 e. The van der Waals surface area contributed by atoms with Crippen LogP contribution in [0.1, 0.15) is 65.2 Å². The lowest BCUT2D eigenvalue weighted by atomic mass is 9.90. The number of amides is 3. The van der Waals surface area contributed by atoms with Gasteiger partial charge in [0.05, 0.1) is 29.3 Å². The summed E-state index contributed by atoms with van der Waals surface area (Å²) in [5, 5.41) is 0. The van der Waals surface area contributed by atoms with Crippen molar-refractivity contribution in [1.29, 1.82) is 0 Å². The summed E-state index contributed by atoms with van der Waals surface area (Å²) in [4.78, 5) is 31.2. The van der Waals surface area contributed by atoms with E-state index in [0.717, 1.165) is 21.6 Å². The number of aryl methyl sites for hydroxylation is 1. The highest BCUT2D eigenvalue weighted by Crippen LogP contribution is 2.42. The quantitative estimate of drug-likeness (QED) is 0.261. The number of ether oxygens (including phenoxy) is 1. The summed E-state index contributed by atoms with van der Waals surface area (Å²) in [6.07, 6.45) is -9.20. The Morgan fingerprint density at radius 1 is 0.956 bits per heavy atom. The van der Waals surface area contributed by atoms with Crippen LogP contribution >= 0.6 is 0 Å². The first-order chi connectivity index (χ1) is 21.1. The summed E-state index contributed by atoms with van der Waals surface area (Å²) in [6, 6.07) is 13.9. The van der Waals surface area contributed by atoms with Crippen LogP contribution in [0.5, 0.6) is 5.75 Å². The van der Waals surface area contributed by atoms with Crippen molar-refractivity contribution in [3.05, 3.63) is 100 Å². The molecule has 0 N–H and O–H groups in total. The largest absolute Gasteiger partial charge is 0.489 e. The normalized spacial score (nSPS) is 19.4. The average Bonchev–Trinajstić information content (AvgIpc) is 3.38. The molecule has 12 heteroatoms. The van der Waals surface area contributed by atoms with Crippen LogP contribution in [0.2, 0.25) is 0 Å². The Balaban J connectivity index is 1.44. The van der Waals surface area contributed by atoms with Crippen LogP contribution in [-0.2, 0) is 23.8 Å². The van der Waals surface area contributed by atoms with Crippen molar-refractivity contribution in [1.82, 2.24) is 14.7 Å². The lowest BCUT2D eigenvalue weighted by Crippen LogP contribution is -2.57. The zero-order valence-electron chi connectivity index (χ0n) is 25.0. The van der Waals surface area contributed by atoms with Gasteiger partial charge in [-0.05, 0) is 72.9 Å². The van der Waals surface area contributed by atoms with E-state index in [1.807, 2.05) is 49.4 Å². The zero-order valence-corrected chi connectivity index (χ0v) is 25.0. The van der Waals surface area contributed by atoms with E-state index >= 15 is 0 Å². The zero-order chi connectivity index (χ0) is 32.7. The van der Waals surface area contributed by atoms with Crippen molar-refractivity contribution in [2.45, 2.75) is 63.8 Å². The van der Waals surface area contributed by atoms with Crippen molar-refractivity contribution in [3.63, 3.8) is 0 Å². The topological polar surface area (TPSA) is 53.1 Å². The number of carbonyl (C=O) groups is 2. The van der Waals surface area contributed by atoms with Gasteiger partial charge in [0, 0.05) is 26.6 Å². The van der Waals surface area contributed by atoms with Crippen molar-refractivity contribution in [3.8, 4) is 5.75 Å². The molecule has 3 atom stereocenters. The highest BCUT2D eigenvalue weighted by Gasteiger charge is 2.46. The molecule has 2 fully saturated rings. The molecule has 0 saturated carbocycles. The van der Waals surface area contributed by atoms with Gasteiger partial charge in [0.15, 0.2) is 0 Å². The van der Waals surface area contributed by atoms with Crippen LogP contribution < -0.4 is 4.74 Å². The number of benzene rings is 3. The highest BCUT2D eigenvalue weighted by atomic mass is 19.4. The Kier molecular flexibility index (Phi) is 8.79. The minimum atomic E-state index is -5.01. The fourth-order valence-corrected chi connectivity index (χ4v) is 6.15. The minimum Gasteiger partial charge on any atom is -0.489 e. The molecular weight excluding hydrogens is 600 g/mol. The van der Waals surface area contributed by atoms with E-state index in [1.165, 1.54) is 14.0 Å². The van der Waals surface area contributed by atoms with Gasteiger partial charge >= 0.3 is 18.4 Å². The van der Waals surface area contributed by atoms with E-state index in [1.54, 1.807) is 15.9 Å². The average molecular weight is 634 g/mol. The van der Waals surface area contributed by atoms with Crippen molar-refractivity contribution in [2.24, 2.45) is 0 Å². The molecule has 2 aliphatic heterocycles. The summed E-state index contributed by atoms with van der Waals surface area (Å²) < 4.78 is 87.3. The second-order valence-corrected chi connectivity index (χ2v) is 11.5. The van der Waals surface area contributed by atoms with Crippen LogP contribution in [0.25, 0.3) is 0 Å². The Morgan fingerprint density at radius 3 is 2.20 bits per heavy atom. The van der Waals surface area contributed by atoms with E-state index in [9.17, 15) is 35.9 Å². The second kappa shape index (κ2) is 12.3. The Labute approximate surface area is 257 Å². The molecule has 240 valence electrons. The molecule has 2 saturated heterocycles. The van der Waals surface area contributed by atoms with Crippen molar-refractivity contribution >= 4 is 11.9 Å². The molecule has 5 rings (SSSR count). The summed E-state index contributed by atoms with van der Waals surface area (Å²) in [5.41, 5.74) is -0.603. The fourth-order valence-electron chi connectivity index (χ4n) is 6.15. The van der Waals surface area contributed by atoms with Gasteiger partial charge < -0.3 is 19.4 Å². The maximum absolute atomic E-state index is 14.0. The van der Waals surface area contributed by atoms with Gasteiger partial charge in [0.1, 0.15) is 12.4 Å². The predicted octanol–water partition coefficient (Wildman–Crippen LogP) is 7.77. The number of fused-ring (bicyclic) bond motifs is 1. The first-order valence-electron chi connectivity index (χ1n) is 14.5. The van der Waals surface area contributed by atoms with E-state index in [0.29, 0.717) is 37.3 Å². The molecule has 0 aliphatic carbocycles. The fraction of sp³-hybridized carbons (Fsp3) is 0.394. The Morgan fingerprint density at radius 2 is 1.60 bits per heavy atom. The number of hydrogen-bond acceptors (Lipinski definition) is 3. The number of hydrogen-bond donors (Lipinski definition) is 0. The first kappa shape index (κ1) is 32.2. The van der Waals surface area contributed by atoms with Gasteiger partial charge in [-0.15, -0.1) is 0 Å². The third-order valence-electron chi connectivity index (χ3n) is 8.69. The third kappa shape index (κ3) is 6.74. The number of rotatable bonds is 6. The summed E-state index contributed by atoms with van der Waals surface area (Å²) in [7, 11) is 1.36. The van der Waals surface area contributed by atoms with E-state index in [4.69, 9.17) is 4.74 Å². The molecule has 3 unspecified atom stereocenters. The van der Waals surface area contributed by atoms with Crippen LogP contribution in [-0.4, -0.2) is 52.8 Å². The lowest BCUT2D eigenvalue weighted by molar-refractivity contribution is -0.143. The van der Waals surface area contributed by atoms with Crippen LogP contribution in [0.4, 0.5) is 31.1 Å². The van der Waals surface area contributed by atoms with Crippen molar-refractivity contribution < 1.29 is 40.7 Å². The van der Waals surface area contributed by atoms with E-state index in [2.05, 4.69) is 0 Å². The van der Waals surface area contributed by atoms with E-state index in [-0.39, 0.29) is 36.7 Å². The van der Waals surface area contributed by atoms with Gasteiger partial charge in [-0.3, -0.25) is 4.79 Å². The Bertz CT molecular complexity index is 1530. The van der Waals surface area contributed by atoms with Gasteiger partial charge in [-0.2, -0.15) is 26.3 Å². The van der Waals surface area contributed by atoms with Gasteiger partial charge in [-0.1, -0.05) is 36.4 Å². The highest BCUT2D eigenvalue weighted by molar-refractivity contribution is 5.81. The first-order valence-corrected chi connectivity index (χ1v) is 14.5. The molecule has 0 bridgehead atoms. The van der Waals surface area contributed by atoms with Crippen molar-refractivity contribution in [2.75, 3.05) is 20.1 Å². The molecule has 3 amide bonds. The monoisotopic (exact) mass is 633 g/mol. The molecule has 6 nitrogen and oxygen atoms in total. The maximum Gasteiger partial charge on any atom is 0.416 e. The Hall–Kier alpha value is -4.22. The second-order valence-electron chi connectivity index (χ2n) is 11.5. The summed E-state index contributed by atoms with van der Waals surface area (Å²) >= 11 is 0. The number of alkyl halides is 6. The third-order valence-corrected chi connectivity index (χ3v) is 8.69. The van der Waals surface area contributed by atoms with Crippen LogP contribution in [0.3, 0.4) is 0 Å². The van der Waals surface area contributed by atoms with Gasteiger partial charge in [0.2, 0.25) is 5.91 Å². The number of urea groups is 1. The minimum absolute atomic E-state index is 0.0251. The molecule has 2 heterocycles. The molecule has 3 aromatic carbocycles. The maximum atomic E-state index is 14.0. The number of halogens is 6. The van der Waals surface area contributed by atoms with Crippen LogP contribution in [0, 0.1) is 6.92 Å². The van der Waals surface area contributed by atoms with Gasteiger partial charge in [-0.25, -0.2) is 4.79 Å². The predicted molar refractivity (Wildman–Crippen MR) is 154 cm³/mol. The molecule has 0 spiro atoms. The lowest BCUT2D eigenvalue weighted by Gasteiger charge is -2.47. The molecule has 45 heavy (non-hydrogen) atoms. The number of nitrogens with zero attached hydrogens (tertiary/aromatic N) is 3. The molecule has 2 aliphatic rings.